The quantitative estimate of drug-likeness (QED) is 0.808. The minimum atomic E-state index is -0.130. The summed E-state index contributed by atoms with van der Waals surface area (Å²) < 4.78 is 1.36. The van der Waals surface area contributed by atoms with Gasteiger partial charge in [-0.05, 0) is 19.4 Å². The standard InChI is InChI=1S/C11H17N5O/c1-7(2)5-12-6-9-14-11-13-8(3)4-10(17)16(11)15-9/h4,7,12H,5-6H2,1-3H3,(H,13,14,15). The van der Waals surface area contributed by atoms with E-state index in [1.807, 2.05) is 0 Å². The van der Waals surface area contributed by atoms with E-state index in [1.165, 1.54) is 10.6 Å². The van der Waals surface area contributed by atoms with E-state index in [9.17, 15) is 4.79 Å². The number of aryl methyl sites for hydroxylation is 1. The summed E-state index contributed by atoms with van der Waals surface area (Å²) in [4.78, 5) is 20.1. The molecule has 0 bridgehead atoms. The molecule has 0 aliphatic carbocycles. The molecule has 0 saturated carbocycles. The van der Waals surface area contributed by atoms with Crippen molar-refractivity contribution in [1.82, 2.24) is 24.9 Å². The van der Waals surface area contributed by atoms with Gasteiger partial charge in [-0.3, -0.25) is 9.89 Å². The number of hydrogen-bond acceptors (Lipinski definition) is 4. The van der Waals surface area contributed by atoms with Crippen LogP contribution in [0.5, 0.6) is 0 Å². The van der Waals surface area contributed by atoms with Crippen LogP contribution in [-0.2, 0) is 6.54 Å². The van der Waals surface area contributed by atoms with Crippen molar-refractivity contribution in [2.24, 2.45) is 5.92 Å². The summed E-state index contributed by atoms with van der Waals surface area (Å²) in [6.07, 6.45) is 0. The third-order valence-electron chi connectivity index (χ3n) is 2.35. The first kappa shape index (κ1) is 11.8. The van der Waals surface area contributed by atoms with Gasteiger partial charge in [-0.15, -0.1) is 0 Å². The minimum absolute atomic E-state index is 0.130. The first-order valence-electron chi connectivity index (χ1n) is 5.72. The predicted octanol–water partition coefficient (Wildman–Crippen LogP) is 0.472. The van der Waals surface area contributed by atoms with Gasteiger partial charge in [0.25, 0.3) is 11.3 Å². The van der Waals surface area contributed by atoms with Crippen LogP contribution in [0, 0.1) is 12.8 Å². The Morgan fingerprint density at radius 2 is 2.24 bits per heavy atom. The van der Waals surface area contributed by atoms with Crippen LogP contribution < -0.4 is 10.9 Å². The molecule has 2 aromatic rings. The van der Waals surface area contributed by atoms with E-state index in [-0.39, 0.29) is 5.56 Å². The largest absolute Gasteiger partial charge is 0.310 e. The fraction of sp³-hybridized carbons (Fsp3) is 0.545. The molecule has 0 spiro atoms. The molecule has 2 rings (SSSR count). The summed E-state index contributed by atoms with van der Waals surface area (Å²) >= 11 is 0. The Morgan fingerprint density at radius 1 is 1.47 bits per heavy atom. The molecule has 17 heavy (non-hydrogen) atoms. The lowest BCUT2D eigenvalue weighted by Gasteiger charge is -2.04. The Kier molecular flexibility index (Phi) is 3.23. The number of aromatic amines is 1. The topological polar surface area (TPSA) is 75.1 Å². The van der Waals surface area contributed by atoms with E-state index in [1.54, 1.807) is 6.92 Å². The molecule has 0 amide bonds. The smallest absolute Gasteiger partial charge is 0.274 e. The van der Waals surface area contributed by atoms with Crippen LogP contribution in [0.4, 0.5) is 0 Å². The Morgan fingerprint density at radius 3 is 2.94 bits per heavy atom. The maximum absolute atomic E-state index is 11.6. The summed E-state index contributed by atoms with van der Waals surface area (Å²) in [6.45, 7) is 7.59. The Balaban J connectivity index is 2.20. The number of rotatable bonds is 4. The second-order valence-corrected chi connectivity index (χ2v) is 4.57. The van der Waals surface area contributed by atoms with Crippen molar-refractivity contribution in [3.63, 3.8) is 0 Å². The van der Waals surface area contributed by atoms with Crippen molar-refractivity contribution >= 4 is 5.78 Å². The Bertz CT molecular complexity index is 569. The average Bonchev–Trinajstić information content (AvgIpc) is 2.60. The van der Waals surface area contributed by atoms with E-state index in [0.29, 0.717) is 23.9 Å². The van der Waals surface area contributed by atoms with Crippen LogP contribution in [0.15, 0.2) is 10.9 Å². The minimum Gasteiger partial charge on any atom is -0.310 e. The number of aromatic nitrogens is 4. The molecule has 0 aromatic carbocycles. The van der Waals surface area contributed by atoms with Crippen molar-refractivity contribution < 1.29 is 0 Å². The summed E-state index contributed by atoms with van der Waals surface area (Å²) in [5.74, 6) is 1.74. The molecule has 0 atom stereocenters. The molecular weight excluding hydrogens is 218 g/mol. The lowest BCUT2D eigenvalue weighted by molar-refractivity contribution is 0.543. The number of nitrogens with one attached hydrogen (secondary N) is 2. The molecule has 0 fully saturated rings. The fourth-order valence-corrected chi connectivity index (χ4v) is 1.59. The van der Waals surface area contributed by atoms with Gasteiger partial charge < -0.3 is 5.32 Å². The van der Waals surface area contributed by atoms with Crippen molar-refractivity contribution in [2.75, 3.05) is 6.54 Å². The molecule has 6 nitrogen and oxygen atoms in total. The highest BCUT2D eigenvalue weighted by Crippen LogP contribution is 1.97. The molecule has 6 heteroatoms. The van der Waals surface area contributed by atoms with E-state index in [2.05, 4.69) is 34.2 Å². The molecule has 0 radical (unpaired) electrons. The van der Waals surface area contributed by atoms with Crippen LogP contribution in [-0.4, -0.2) is 26.1 Å². The Hall–Kier alpha value is -1.69. The highest BCUT2D eigenvalue weighted by molar-refractivity contribution is 5.27. The van der Waals surface area contributed by atoms with Gasteiger partial charge in [0.2, 0.25) is 0 Å². The molecule has 2 N–H and O–H groups in total. The molecule has 0 unspecified atom stereocenters. The highest BCUT2D eigenvalue weighted by atomic mass is 16.1. The summed E-state index contributed by atoms with van der Waals surface area (Å²) in [7, 11) is 0. The van der Waals surface area contributed by atoms with Gasteiger partial charge >= 0.3 is 0 Å². The monoisotopic (exact) mass is 235 g/mol. The predicted molar refractivity (Wildman–Crippen MR) is 64.9 cm³/mol. The third-order valence-corrected chi connectivity index (χ3v) is 2.35. The lowest BCUT2D eigenvalue weighted by atomic mass is 10.2. The van der Waals surface area contributed by atoms with E-state index in [0.717, 1.165) is 12.4 Å². The molecular formula is C11H17N5O. The molecule has 2 heterocycles. The van der Waals surface area contributed by atoms with Crippen LogP contribution in [0.1, 0.15) is 25.4 Å². The van der Waals surface area contributed by atoms with E-state index in [4.69, 9.17) is 0 Å². The van der Waals surface area contributed by atoms with Crippen molar-refractivity contribution in [1.29, 1.82) is 0 Å². The van der Waals surface area contributed by atoms with Gasteiger partial charge in [0, 0.05) is 11.8 Å². The lowest BCUT2D eigenvalue weighted by Crippen LogP contribution is -2.20. The van der Waals surface area contributed by atoms with Gasteiger partial charge in [0.05, 0.1) is 6.54 Å². The van der Waals surface area contributed by atoms with Crippen LogP contribution in [0.2, 0.25) is 0 Å². The normalized spacial score (nSPS) is 11.5. The van der Waals surface area contributed by atoms with E-state index >= 15 is 0 Å². The van der Waals surface area contributed by atoms with Crippen LogP contribution in [0.3, 0.4) is 0 Å². The summed E-state index contributed by atoms with van der Waals surface area (Å²) in [5.41, 5.74) is 0.554. The van der Waals surface area contributed by atoms with Crippen LogP contribution in [0.25, 0.3) is 5.78 Å². The summed E-state index contributed by atoms with van der Waals surface area (Å²) in [6, 6.07) is 1.48. The van der Waals surface area contributed by atoms with Gasteiger partial charge in [-0.2, -0.15) is 9.50 Å². The highest BCUT2D eigenvalue weighted by Gasteiger charge is 2.05. The van der Waals surface area contributed by atoms with Crippen molar-refractivity contribution in [2.45, 2.75) is 27.3 Å². The number of hydrogen-bond donors (Lipinski definition) is 2. The second-order valence-electron chi connectivity index (χ2n) is 4.57. The SMILES string of the molecule is Cc1cc(=O)n2[nH]c(CNCC(C)C)nc2n1. The zero-order chi connectivity index (χ0) is 12.4. The maximum atomic E-state index is 11.6. The molecule has 0 saturated heterocycles. The molecule has 92 valence electrons. The van der Waals surface area contributed by atoms with Gasteiger partial charge in [-0.1, -0.05) is 13.8 Å². The number of nitrogens with zero attached hydrogens (tertiary/aromatic N) is 3. The third kappa shape index (κ3) is 2.71. The zero-order valence-corrected chi connectivity index (χ0v) is 10.3. The average molecular weight is 235 g/mol. The van der Waals surface area contributed by atoms with Gasteiger partial charge in [0.15, 0.2) is 0 Å². The fourth-order valence-electron chi connectivity index (χ4n) is 1.59. The Labute approximate surface area is 99.1 Å². The van der Waals surface area contributed by atoms with Gasteiger partial charge in [-0.25, -0.2) is 4.98 Å². The van der Waals surface area contributed by atoms with Crippen LogP contribution >= 0.6 is 0 Å². The maximum Gasteiger partial charge on any atom is 0.274 e. The summed E-state index contributed by atoms with van der Waals surface area (Å²) in [5, 5.41) is 6.19. The van der Waals surface area contributed by atoms with Gasteiger partial charge in [0.1, 0.15) is 5.82 Å². The molecule has 0 aliphatic heterocycles. The number of H-pyrrole nitrogens is 1. The van der Waals surface area contributed by atoms with Crippen molar-refractivity contribution in [3.8, 4) is 0 Å². The first-order chi connectivity index (χ1) is 8.06. The zero-order valence-electron chi connectivity index (χ0n) is 10.3. The number of fused-ring (bicyclic) bond motifs is 1. The molecule has 2 aromatic heterocycles. The second kappa shape index (κ2) is 4.67. The first-order valence-corrected chi connectivity index (χ1v) is 5.72. The van der Waals surface area contributed by atoms with E-state index < -0.39 is 0 Å². The van der Waals surface area contributed by atoms with Crippen molar-refractivity contribution in [3.05, 3.63) is 27.9 Å². The molecule has 0 aliphatic rings.